The van der Waals surface area contributed by atoms with Gasteiger partial charge in [-0.05, 0) is 0 Å². The zero-order chi connectivity index (χ0) is 2.00. The molecule has 0 saturated carbocycles. The summed E-state index contributed by atoms with van der Waals surface area (Å²) in [6.07, 6.45) is 0. The summed E-state index contributed by atoms with van der Waals surface area (Å²) < 4.78 is 8.38. The number of hydrogen-bond acceptors (Lipinski definition) is 1. The summed E-state index contributed by atoms with van der Waals surface area (Å²) in [5, 5.41) is 0. The molecule has 0 aliphatic rings. The van der Waals surface area contributed by atoms with E-state index in [0.717, 1.165) is 0 Å². The quantitative estimate of drug-likeness (QED) is 0.490. The van der Waals surface area contributed by atoms with Crippen molar-refractivity contribution in [3.8, 4) is 0 Å². The fraction of sp³-hybridized carbons (Fsp3) is 0. The molecule has 0 N–H and O–H groups in total. The Bertz CT molecular complexity index is 6.00. The molecule has 0 aliphatic carbocycles. The first-order valence-electron chi connectivity index (χ1n) is 0.289. The van der Waals surface area contributed by atoms with Crippen molar-refractivity contribution in [2.75, 3.05) is 0 Å². The molecular formula is Fe2OZn. The van der Waals surface area contributed by atoms with E-state index < -0.39 is 0 Å². The zero-order valence-corrected chi connectivity index (χ0v) is 7.00. The molecule has 0 saturated heterocycles. The molecule has 4 heavy (non-hydrogen) atoms. The molecule has 1 nitrogen and oxygen atoms in total. The van der Waals surface area contributed by atoms with Crippen LogP contribution in [0.2, 0.25) is 0 Å². The summed E-state index contributed by atoms with van der Waals surface area (Å²) in [5.74, 6) is 0. The minimum absolute atomic E-state index is 0. The molecule has 24 valence electrons. The van der Waals surface area contributed by atoms with Crippen LogP contribution in [0.15, 0.2) is 0 Å². The third-order valence-electron chi connectivity index (χ3n) is 0. The Kier molecular flexibility index (Phi) is 112. The van der Waals surface area contributed by atoms with Crippen LogP contribution in [0, 0.1) is 0 Å². The van der Waals surface area contributed by atoms with Crippen molar-refractivity contribution in [2.45, 2.75) is 0 Å². The van der Waals surface area contributed by atoms with Crippen molar-refractivity contribution in [3.63, 3.8) is 0 Å². The van der Waals surface area contributed by atoms with E-state index in [-0.39, 0.29) is 52.4 Å². The zero-order valence-electron chi connectivity index (χ0n) is 1.82. The van der Waals surface area contributed by atoms with Gasteiger partial charge in [0.1, 0.15) is 0 Å². The Morgan fingerprint density at radius 2 is 1.00 bits per heavy atom. The van der Waals surface area contributed by atoms with Gasteiger partial charge in [-0.15, -0.1) is 0 Å². The molecule has 0 rings (SSSR count). The van der Waals surface area contributed by atoms with Crippen LogP contribution in [0.5, 0.6) is 0 Å². The van der Waals surface area contributed by atoms with E-state index in [0.29, 0.717) is 0 Å². The van der Waals surface area contributed by atoms with Gasteiger partial charge in [-0.3, -0.25) is 0 Å². The Hall–Kier alpha value is 1.46. The summed E-state index contributed by atoms with van der Waals surface area (Å²) in [5.41, 5.74) is 0. The number of hydrogen-bond donors (Lipinski definition) is 0. The predicted molar refractivity (Wildman–Crippen MR) is 0.686 cm³/mol. The topological polar surface area (TPSA) is 17.1 Å². The normalized spacial score (nSPS) is 1.50. The van der Waals surface area contributed by atoms with Crippen molar-refractivity contribution in [3.05, 3.63) is 0 Å². The summed E-state index contributed by atoms with van der Waals surface area (Å²) in [6, 6.07) is 0. The van der Waals surface area contributed by atoms with E-state index in [1.807, 2.05) is 0 Å². The van der Waals surface area contributed by atoms with Gasteiger partial charge in [0.2, 0.25) is 0 Å². The van der Waals surface area contributed by atoms with Crippen LogP contribution in [0.1, 0.15) is 0 Å². The summed E-state index contributed by atoms with van der Waals surface area (Å²) in [4.78, 5) is 0. The molecule has 0 bridgehead atoms. The first-order chi connectivity index (χ1) is 1.00. The van der Waals surface area contributed by atoms with Gasteiger partial charge in [-0.2, -0.15) is 0 Å². The molecule has 0 spiro atoms. The van der Waals surface area contributed by atoms with Crippen molar-refractivity contribution in [2.24, 2.45) is 0 Å². The monoisotopic (exact) mass is 192 g/mol. The molecule has 0 aromatic heterocycles. The average Bonchev–Trinajstić information content (AvgIpc) is 1.00. The van der Waals surface area contributed by atoms with Crippen LogP contribution in [0.25, 0.3) is 0 Å². The fourth-order valence-electron chi connectivity index (χ4n) is 0. The Labute approximate surface area is 55.8 Å². The van der Waals surface area contributed by atoms with Gasteiger partial charge in [0.05, 0.1) is 0 Å². The third kappa shape index (κ3) is 9.82. The summed E-state index contributed by atoms with van der Waals surface area (Å²) in [6.45, 7) is 0. The van der Waals surface area contributed by atoms with Crippen molar-refractivity contribution in [1.82, 2.24) is 0 Å². The molecule has 4 heteroatoms. The first kappa shape index (κ1) is 17.9. The van der Waals surface area contributed by atoms with Gasteiger partial charge in [-0.25, -0.2) is 0 Å². The Morgan fingerprint density at radius 1 is 1.00 bits per heavy atom. The second kappa shape index (κ2) is 25.0. The van der Waals surface area contributed by atoms with Crippen LogP contribution in [-0.4, -0.2) is 0 Å². The van der Waals surface area contributed by atoms with Crippen LogP contribution in [0.4, 0.5) is 0 Å². The molecular weight excluding hydrogens is 193 g/mol. The van der Waals surface area contributed by atoms with Crippen molar-refractivity contribution < 1.29 is 56.0 Å². The maximum atomic E-state index is 8.38. The molecule has 0 aromatic rings. The van der Waals surface area contributed by atoms with Crippen LogP contribution < -0.4 is 0 Å². The van der Waals surface area contributed by atoms with Crippen molar-refractivity contribution >= 4 is 0 Å². The minimum atomic E-state index is 0. The van der Waals surface area contributed by atoms with Gasteiger partial charge in [-0.1, -0.05) is 0 Å². The van der Waals surface area contributed by atoms with E-state index in [4.69, 9.17) is 3.57 Å². The third-order valence-corrected chi connectivity index (χ3v) is 0. The van der Waals surface area contributed by atoms with E-state index in [1.165, 1.54) is 0 Å². The SMILES string of the molecule is [Fe].[Fe].[O]=[Zn]. The molecule has 0 aliphatic heterocycles. The Morgan fingerprint density at radius 3 is 1.00 bits per heavy atom. The maximum absolute atomic E-state index is 8.38. The van der Waals surface area contributed by atoms with Gasteiger partial charge in [0.25, 0.3) is 0 Å². The van der Waals surface area contributed by atoms with Gasteiger partial charge in [0.15, 0.2) is 0 Å². The second-order valence-electron chi connectivity index (χ2n) is 0. The van der Waals surface area contributed by atoms with Crippen LogP contribution >= 0.6 is 0 Å². The first-order valence-corrected chi connectivity index (χ1v) is 1.50. The van der Waals surface area contributed by atoms with Crippen LogP contribution in [-0.2, 0) is 56.0 Å². The van der Waals surface area contributed by atoms with Crippen LogP contribution in [0.3, 0.4) is 0 Å². The van der Waals surface area contributed by atoms with E-state index in [9.17, 15) is 0 Å². The van der Waals surface area contributed by atoms with Gasteiger partial charge < -0.3 is 0 Å². The van der Waals surface area contributed by atoms with Gasteiger partial charge in [0, 0.05) is 34.1 Å². The number of rotatable bonds is 0. The van der Waals surface area contributed by atoms with E-state index in [2.05, 4.69) is 0 Å². The molecule has 0 amide bonds. The van der Waals surface area contributed by atoms with Crippen molar-refractivity contribution in [1.29, 1.82) is 0 Å². The molecule has 0 atom stereocenters. The van der Waals surface area contributed by atoms with E-state index >= 15 is 0 Å². The van der Waals surface area contributed by atoms with Gasteiger partial charge >= 0.3 is 21.8 Å². The average molecular weight is 193 g/mol. The second-order valence-corrected chi connectivity index (χ2v) is 0. The fourth-order valence-corrected chi connectivity index (χ4v) is 0. The molecule has 0 aromatic carbocycles. The standard InChI is InChI=1S/2Fe.O.Zn. The van der Waals surface area contributed by atoms with E-state index in [1.54, 1.807) is 0 Å². The molecule has 0 unspecified atom stereocenters. The molecule has 0 radical (unpaired) electrons. The summed E-state index contributed by atoms with van der Waals surface area (Å²) in [7, 11) is 0. The predicted octanol–water partition coefficient (Wildman–Crippen LogP) is -0.126. The molecule has 0 fully saturated rings. The Balaban J connectivity index is -0.00000000500. The molecule has 0 heterocycles. The summed E-state index contributed by atoms with van der Waals surface area (Å²) >= 11 is 0.125.